The molecule has 12 nitrogen and oxygen atoms in total. The van der Waals surface area contributed by atoms with Gasteiger partial charge in [0.15, 0.2) is 10.8 Å². The Hall–Kier alpha value is -2.29. The van der Waals surface area contributed by atoms with Crippen molar-refractivity contribution in [3.63, 3.8) is 0 Å². The van der Waals surface area contributed by atoms with E-state index in [1.807, 2.05) is 0 Å². The van der Waals surface area contributed by atoms with Gasteiger partial charge < -0.3 is 15.5 Å². The molecule has 1 aliphatic rings. The summed E-state index contributed by atoms with van der Waals surface area (Å²) in [5.41, 5.74) is -0.245. The van der Waals surface area contributed by atoms with Crippen LogP contribution in [0.25, 0.3) is 0 Å². The Morgan fingerprint density at radius 3 is 2.81 bits per heavy atom. The van der Waals surface area contributed by atoms with E-state index in [1.54, 1.807) is 0 Å². The zero-order valence-electron chi connectivity index (χ0n) is 13.0. The first-order chi connectivity index (χ1) is 12.2. The fourth-order valence-corrected chi connectivity index (χ4v) is 3.30. The highest BCUT2D eigenvalue weighted by Gasteiger charge is 2.45. The van der Waals surface area contributed by atoms with Gasteiger partial charge in [-0.3, -0.25) is 18.9 Å². The van der Waals surface area contributed by atoms with Crippen LogP contribution >= 0.6 is 22.9 Å². The fourth-order valence-electron chi connectivity index (χ4n) is 1.83. The third-order valence-electron chi connectivity index (χ3n) is 2.99. The number of halogens is 1. The molecule has 15 heteroatoms. The van der Waals surface area contributed by atoms with Gasteiger partial charge in [-0.15, -0.1) is 22.9 Å². The molecule has 3 N–H and O–H groups in total. The van der Waals surface area contributed by atoms with E-state index in [0.29, 0.717) is 0 Å². The first kappa shape index (κ1) is 20.0. The van der Waals surface area contributed by atoms with Crippen molar-refractivity contribution in [2.75, 3.05) is 24.9 Å². The molecule has 26 heavy (non-hydrogen) atoms. The van der Waals surface area contributed by atoms with Crippen LogP contribution in [-0.4, -0.2) is 71.3 Å². The Bertz CT molecular complexity index is 868. The van der Waals surface area contributed by atoms with Gasteiger partial charge in [0.25, 0.3) is 11.8 Å². The molecule has 1 atom stereocenters. The number of rotatable bonds is 7. The Kier molecular flexibility index (Phi) is 6.12. The maximum Gasteiger partial charge on any atom is 0.362 e. The number of anilines is 1. The lowest BCUT2D eigenvalue weighted by Crippen LogP contribution is -2.65. The van der Waals surface area contributed by atoms with Gasteiger partial charge in [-0.25, -0.2) is 9.29 Å². The molecule has 2 rings (SSSR count). The number of hydrogen-bond donors (Lipinski definition) is 3. The predicted molar refractivity (Wildman–Crippen MR) is 90.2 cm³/mol. The maximum atomic E-state index is 12.3. The monoisotopic (exact) mass is 425 g/mol. The van der Waals surface area contributed by atoms with Crippen LogP contribution in [0.4, 0.5) is 5.13 Å². The quantitative estimate of drug-likeness (QED) is 0.161. The number of oxime groups is 1. The Labute approximate surface area is 156 Å². The van der Waals surface area contributed by atoms with E-state index < -0.39 is 40.6 Å². The van der Waals surface area contributed by atoms with Gasteiger partial charge >= 0.3 is 10.3 Å². The zero-order chi connectivity index (χ0) is 19.5. The lowest BCUT2D eigenvalue weighted by atomic mass is 10.1. The molecule has 1 unspecified atom stereocenters. The largest absolute Gasteiger partial charge is 0.398 e. The number of aromatic nitrogens is 1. The second kappa shape index (κ2) is 7.94. The van der Waals surface area contributed by atoms with Crippen molar-refractivity contribution in [2.24, 2.45) is 5.16 Å². The van der Waals surface area contributed by atoms with Gasteiger partial charge in [0.05, 0.1) is 6.54 Å². The molecule has 0 bridgehead atoms. The van der Waals surface area contributed by atoms with Gasteiger partial charge in [-0.2, -0.15) is 8.42 Å². The SMILES string of the molecule is CO/N=C(\C(=O)NC1CN(S(=O)(=O)O)C1=O)c1csc(NC(=O)CCl)n1. The minimum absolute atomic E-state index is 0.0534. The predicted octanol–water partition coefficient (Wildman–Crippen LogP) is -1.20. The van der Waals surface area contributed by atoms with Gasteiger partial charge in [0.2, 0.25) is 5.91 Å². The van der Waals surface area contributed by atoms with Gasteiger partial charge in [-0.1, -0.05) is 5.16 Å². The van der Waals surface area contributed by atoms with Crippen LogP contribution in [0.5, 0.6) is 0 Å². The highest BCUT2D eigenvalue weighted by atomic mass is 35.5. The summed E-state index contributed by atoms with van der Waals surface area (Å²) in [7, 11) is -3.48. The van der Waals surface area contributed by atoms with Crippen LogP contribution in [0, 0.1) is 0 Å². The zero-order valence-corrected chi connectivity index (χ0v) is 15.4. The van der Waals surface area contributed by atoms with E-state index >= 15 is 0 Å². The first-order valence-electron chi connectivity index (χ1n) is 6.70. The number of thiazole rings is 1. The Morgan fingerprint density at radius 1 is 1.58 bits per heavy atom. The molecule has 1 aromatic heterocycles. The summed E-state index contributed by atoms with van der Waals surface area (Å²) >= 11 is 6.37. The molecular weight excluding hydrogens is 414 g/mol. The second-order valence-electron chi connectivity index (χ2n) is 4.72. The lowest BCUT2D eigenvalue weighted by molar-refractivity contribution is -0.139. The van der Waals surface area contributed by atoms with Crippen molar-refractivity contribution in [1.82, 2.24) is 14.6 Å². The molecule has 0 spiro atoms. The lowest BCUT2D eigenvalue weighted by Gasteiger charge is -2.35. The van der Waals surface area contributed by atoms with Crippen molar-refractivity contribution in [1.29, 1.82) is 0 Å². The molecule has 0 radical (unpaired) electrons. The van der Waals surface area contributed by atoms with Gasteiger partial charge in [0, 0.05) is 5.38 Å². The summed E-state index contributed by atoms with van der Waals surface area (Å²) in [4.78, 5) is 43.7. The number of alkyl halides is 1. The number of amides is 3. The van der Waals surface area contributed by atoms with Crippen molar-refractivity contribution in [3.05, 3.63) is 11.1 Å². The second-order valence-corrected chi connectivity index (χ2v) is 7.18. The minimum atomic E-state index is -4.66. The van der Waals surface area contributed by atoms with Gasteiger partial charge in [0.1, 0.15) is 24.7 Å². The summed E-state index contributed by atoms with van der Waals surface area (Å²) in [5, 5.41) is 9.75. The van der Waals surface area contributed by atoms with Gasteiger partial charge in [-0.05, 0) is 0 Å². The van der Waals surface area contributed by atoms with E-state index in [2.05, 4.69) is 25.6 Å². The number of carbonyl (C=O) groups excluding carboxylic acids is 3. The first-order valence-corrected chi connectivity index (χ1v) is 9.51. The summed E-state index contributed by atoms with van der Waals surface area (Å²) < 4.78 is 30.8. The topological polar surface area (TPSA) is 167 Å². The van der Waals surface area contributed by atoms with Crippen LogP contribution in [0.15, 0.2) is 10.5 Å². The number of nitrogens with zero attached hydrogens (tertiary/aromatic N) is 3. The van der Waals surface area contributed by atoms with Crippen LogP contribution in [0.3, 0.4) is 0 Å². The van der Waals surface area contributed by atoms with Crippen molar-refractivity contribution < 1.29 is 32.2 Å². The minimum Gasteiger partial charge on any atom is -0.398 e. The van der Waals surface area contributed by atoms with Crippen LogP contribution in [0.1, 0.15) is 5.69 Å². The molecule has 0 aliphatic carbocycles. The van der Waals surface area contributed by atoms with E-state index in [4.69, 9.17) is 16.2 Å². The molecule has 1 aromatic rings. The highest BCUT2D eigenvalue weighted by Crippen LogP contribution is 2.18. The van der Waals surface area contributed by atoms with Crippen LogP contribution in [0.2, 0.25) is 0 Å². The molecule has 0 saturated carbocycles. The summed E-state index contributed by atoms with van der Waals surface area (Å²) in [6.45, 7) is -0.419. The third kappa shape index (κ3) is 4.46. The average Bonchev–Trinajstić information content (AvgIpc) is 3.02. The average molecular weight is 426 g/mol. The fraction of sp³-hybridized carbons (Fsp3) is 0.364. The summed E-state index contributed by atoms with van der Waals surface area (Å²) in [6, 6.07) is -1.15. The molecule has 1 saturated heterocycles. The number of β-lactam (4-membered cyclic amide) rings is 1. The third-order valence-corrected chi connectivity index (χ3v) is 4.87. The van der Waals surface area contributed by atoms with E-state index in [0.717, 1.165) is 11.3 Å². The number of nitrogens with one attached hydrogen (secondary N) is 2. The summed E-state index contributed by atoms with van der Waals surface area (Å²) in [6.07, 6.45) is 0. The summed E-state index contributed by atoms with van der Waals surface area (Å²) in [5.74, 6) is -2.62. The maximum absolute atomic E-state index is 12.3. The normalized spacial score (nSPS) is 17.5. The molecule has 1 aliphatic heterocycles. The standard InChI is InChI=1S/C11H12ClN5O7S2/c1-24-16-8(6-4-25-11(14-6)15-7(18)2-12)9(19)13-5-3-17(10(5)20)26(21,22)23/h4-5H,2-3H2,1H3,(H,13,19)(H,14,15,18)(H,21,22,23)/b16-8-. The smallest absolute Gasteiger partial charge is 0.362 e. The number of hydrogen-bond acceptors (Lipinski definition) is 9. The molecular formula is C11H12ClN5O7S2. The molecule has 3 amide bonds. The number of carbonyl (C=O) groups is 3. The van der Waals surface area contributed by atoms with E-state index in [1.165, 1.54) is 12.5 Å². The molecule has 1 fully saturated rings. The van der Waals surface area contributed by atoms with Crippen LogP contribution < -0.4 is 10.6 Å². The highest BCUT2D eigenvalue weighted by molar-refractivity contribution is 7.84. The molecule has 142 valence electrons. The molecule has 2 heterocycles. The van der Waals surface area contributed by atoms with Crippen molar-refractivity contribution in [3.8, 4) is 0 Å². The van der Waals surface area contributed by atoms with E-state index in [9.17, 15) is 22.8 Å². The van der Waals surface area contributed by atoms with E-state index in [-0.39, 0.29) is 26.7 Å². The van der Waals surface area contributed by atoms with Crippen molar-refractivity contribution >= 4 is 61.8 Å². The van der Waals surface area contributed by atoms with Crippen molar-refractivity contribution in [2.45, 2.75) is 6.04 Å². The Morgan fingerprint density at radius 2 is 2.27 bits per heavy atom. The van der Waals surface area contributed by atoms with Crippen LogP contribution in [-0.2, 0) is 29.5 Å². The Balaban J connectivity index is 2.09. The molecule has 0 aromatic carbocycles.